The summed E-state index contributed by atoms with van der Waals surface area (Å²) in [6.07, 6.45) is 1.40. The van der Waals surface area contributed by atoms with Gasteiger partial charge in [0.15, 0.2) is 0 Å². The van der Waals surface area contributed by atoms with Gasteiger partial charge in [0.25, 0.3) is 0 Å². The van der Waals surface area contributed by atoms with Gasteiger partial charge in [0.05, 0.1) is 6.10 Å². The first-order chi connectivity index (χ1) is 11.0. The molecule has 1 atom stereocenters. The molecule has 0 aliphatic carbocycles. The molecule has 4 nitrogen and oxygen atoms in total. The highest BCUT2D eigenvalue weighted by molar-refractivity contribution is 5.39. The number of pyridine rings is 1. The topological polar surface area (TPSA) is 48.4 Å². The van der Waals surface area contributed by atoms with Crippen molar-refractivity contribution in [3.8, 4) is 0 Å². The Hall–Kier alpha value is -1.91. The van der Waals surface area contributed by atoms with Gasteiger partial charge in [-0.25, -0.2) is 4.98 Å². The van der Waals surface area contributed by atoms with Crippen LogP contribution in [0.3, 0.4) is 0 Å². The molecule has 0 saturated heterocycles. The number of aliphatic hydroxyl groups is 1. The van der Waals surface area contributed by atoms with Crippen molar-refractivity contribution in [3.63, 3.8) is 0 Å². The molecular formula is C19H27N3O. The Bertz CT molecular complexity index is 610. The SMILES string of the molecule is Cc1cccc([C@@H](O)CNCc2ccc(N(C)C(C)C)nc2)c1. The zero-order chi connectivity index (χ0) is 16.8. The first-order valence-corrected chi connectivity index (χ1v) is 8.10. The van der Waals surface area contributed by atoms with Gasteiger partial charge in [-0.1, -0.05) is 35.9 Å². The van der Waals surface area contributed by atoms with Crippen LogP contribution in [0.5, 0.6) is 0 Å². The van der Waals surface area contributed by atoms with Crippen LogP contribution in [-0.4, -0.2) is 29.7 Å². The van der Waals surface area contributed by atoms with Crippen LogP contribution in [0.25, 0.3) is 0 Å². The molecule has 0 bridgehead atoms. The first-order valence-electron chi connectivity index (χ1n) is 8.10. The average Bonchev–Trinajstić information content (AvgIpc) is 2.54. The zero-order valence-corrected chi connectivity index (χ0v) is 14.5. The molecule has 2 N–H and O–H groups in total. The number of aryl methyl sites for hydroxylation is 1. The van der Waals surface area contributed by atoms with Crippen molar-refractivity contribution in [1.29, 1.82) is 0 Å². The van der Waals surface area contributed by atoms with Crippen LogP contribution in [0.15, 0.2) is 42.6 Å². The van der Waals surface area contributed by atoms with Crippen LogP contribution in [-0.2, 0) is 6.54 Å². The second kappa shape index (κ2) is 8.09. The standard InChI is InChI=1S/C19H27N3O/c1-14(2)22(4)19-9-8-16(12-21-19)11-20-13-18(23)17-7-5-6-15(3)10-17/h5-10,12,14,18,20,23H,11,13H2,1-4H3/t18-/m0/s1. The van der Waals surface area contributed by atoms with Crippen LogP contribution in [0, 0.1) is 6.92 Å². The van der Waals surface area contributed by atoms with E-state index in [1.807, 2.05) is 50.5 Å². The van der Waals surface area contributed by atoms with E-state index < -0.39 is 6.10 Å². The molecule has 0 amide bonds. The highest BCUT2D eigenvalue weighted by Gasteiger charge is 2.08. The van der Waals surface area contributed by atoms with Crippen LogP contribution in [0.1, 0.15) is 36.6 Å². The number of anilines is 1. The van der Waals surface area contributed by atoms with Crippen molar-refractivity contribution in [1.82, 2.24) is 10.3 Å². The summed E-state index contributed by atoms with van der Waals surface area (Å²) in [6, 6.07) is 12.5. The van der Waals surface area contributed by atoms with Gasteiger partial charge in [-0.15, -0.1) is 0 Å². The number of rotatable bonds is 7. The lowest BCUT2D eigenvalue weighted by molar-refractivity contribution is 0.174. The molecule has 0 aliphatic rings. The quantitative estimate of drug-likeness (QED) is 0.825. The number of nitrogens with one attached hydrogen (secondary N) is 1. The number of aliphatic hydroxyl groups excluding tert-OH is 1. The summed E-state index contributed by atoms with van der Waals surface area (Å²) in [5.74, 6) is 0.976. The van der Waals surface area contributed by atoms with Crippen molar-refractivity contribution < 1.29 is 5.11 Å². The first kappa shape index (κ1) is 17.4. The maximum atomic E-state index is 10.2. The third-order valence-electron chi connectivity index (χ3n) is 4.04. The van der Waals surface area contributed by atoms with E-state index in [4.69, 9.17) is 0 Å². The summed E-state index contributed by atoms with van der Waals surface area (Å²) < 4.78 is 0. The van der Waals surface area contributed by atoms with Gasteiger partial charge in [-0.2, -0.15) is 0 Å². The van der Waals surface area contributed by atoms with Gasteiger partial charge >= 0.3 is 0 Å². The van der Waals surface area contributed by atoms with Crippen molar-refractivity contribution in [2.75, 3.05) is 18.5 Å². The highest BCUT2D eigenvalue weighted by Crippen LogP contribution is 2.14. The van der Waals surface area contributed by atoms with E-state index in [1.165, 1.54) is 0 Å². The third kappa shape index (κ3) is 5.05. The molecule has 0 spiro atoms. The summed E-state index contributed by atoms with van der Waals surface area (Å²) in [5.41, 5.74) is 3.22. The zero-order valence-electron chi connectivity index (χ0n) is 14.5. The monoisotopic (exact) mass is 313 g/mol. The van der Waals surface area contributed by atoms with Crippen LogP contribution >= 0.6 is 0 Å². The van der Waals surface area contributed by atoms with Crippen LogP contribution in [0.2, 0.25) is 0 Å². The van der Waals surface area contributed by atoms with Crippen LogP contribution < -0.4 is 10.2 Å². The molecule has 2 rings (SSSR count). The Morgan fingerprint density at radius 3 is 2.61 bits per heavy atom. The van der Waals surface area contributed by atoms with Crippen LogP contribution in [0.4, 0.5) is 5.82 Å². The Balaban J connectivity index is 1.84. The molecule has 2 aromatic rings. The summed E-state index contributed by atoms with van der Waals surface area (Å²) >= 11 is 0. The minimum absolute atomic E-state index is 0.427. The Morgan fingerprint density at radius 2 is 2.00 bits per heavy atom. The van der Waals surface area contributed by atoms with E-state index in [9.17, 15) is 5.11 Å². The Kier molecular flexibility index (Phi) is 6.13. The Labute approximate surface area is 139 Å². The van der Waals surface area contributed by atoms with E-state index in [1.54, 1.807) is 0 Å². The fraction of sp³-hybridized carbons (Fsp3) is 0.421. The number of hydrogen-bond donors (Lipinski definition) is 2. The van der Waals surface area contributed by atoms with Crippen molar-refractivity contribution >= 4 is 5.82 Å². The summed E-state index contributed by atoms with van der Waals surface area (Å²) in [5, 5.41) is 13.5. The predicted molar refractivity (Wildman–Crippen MR) is 95.6 cm³/mol. The molecule has 1 heterocycles. The summed E-state index contributed by atoms with van der Waals surface area (Å²) in [7, 11) is 2.04. The van der Waals surface area contributed by atoms with Gasteiger partial charge in [0.2, 0.25) is 0 Å². The number of nitrogens with zero attached hydrogens (tertiary/aromatic N) is 2. The van der Waals surface area contributed by atoms with Crippen molar-refractivity contribution in [2.45, 2.75) is 39.5 Å². The molecule has 23 heavy (non-hydrogen) atoms. The lowest BCUT2D eigenvalue weighted by Gasteiger charge is -2.22. The second-order valence-electron chi connectivity index (χ2n) is 6.29. The van der Waals surface area contributed by atoms with Crippen molar-refractivity contribution in [3.05, 3.63) is 59.3 Å². The fourth-order valence-corrected chi connectivity index (χ4v) is 2.34. The third-order valence-corrected chi connectivity index (χ3v) is 4.04. The lowest BCUT2D eigenvalue weighted by Crippen LogP contribution is -2.26. The molecular weight excluding hydrogens is 286 g/mol. The Morgan fingerprint density at radius 1 is 1.22 bits per heavy atom. The molecule has 4 heteroatoms. The molecule has 0 radical (unpaired) electrons. The number of benzene rings is 1. The smallest absolute Gasteiger partial charge is 0.128 e. The molecule has 1 aromatic heterocycles. The molecule has 0 fully saturated rings. The summed E-state index contributed by atoms with van der Waals surface area (Å²) in [4.78, 5) is 6.63. The minimum atomic E-state index is -0.491. The maximum absolute atomic E-state index is 10.2. The average molecular weight is 313 g/mol. The predicted octanol–water partition coefficient (Wildman–Crippen LogP) is 3.06. The van der Waals surface area contributed by atoms with Gasteiger partial charge in [-0.05, 0) is 38.0 Å². The highest BCUT2D eigenvalue weighted by atomic mass is 16.3. The van der Waals surface area contributed by atoms with E-state index in [-0.39, 0.29) is 0 Å². The number of aromatic nitrogens is 1. The van der Waals surface area contributed by atoms with E-state index in [0.29, 0.717) is 19.1 Å². The maximum Gasteiger partial charge on any atom is 0.128 e. The minimum Gasteiger partial charge on any atom is -0.387 e. The van der Waals surface area contributed by atoms with E-state index >= 15 is 0 Å². The molecule has 0 unspecified atom stereocenters. The number of hydrogen-bond acceptors (Lipinski definition) is 4. The largest absolute Gasteiger partial charge is 0.387 e. The fourth-order valence-electron chi connectivity index (χ4n) is 2.34. The normalized spacial score (nSPS) is 12.4. The van der Waals surface area contributed by atoms with Gasteiger partial charge < -0.3 is 15.3 Å². The second-order valence-corrected chi connectivity index (χ2v) is 6.29. The van der Waals surface area contributed by atoms with E-state index in [0.717, 1.165) is 22.5 Å². The molecule has 124 valence electrons. The van der Waals surface area contributed by atoms with Gasteiger partial charge in [0, 0.05) is 32.4 Å². The summed E-state index contributed by atoms with van der Waals surface area (Å²) in [6.45, 7) is 7.54. The van der Waals surface area contributed by atoms with Crippen molar-refractivity contribution in [2.24, 2.45) is 0 Å². The van der Waals surface area contributed by atoms with E-state index in [2.05, 4.69) is 35.1 Å². The molecule has 1 aromatic carbocycles. The molecule has 0 saturated carbocycles. The lowest BCUT2D eigenvalue weighted by atomic mass is 10.1. The molecule has 0 aliphatic heterocycles. The van der Waals surface area contributed by atoms with Gasteiger partial charge in [0.1, 0.15) is 5.82 Å². The van der Waals surface area contributed by atoms with Gasteiger partial charge in [-0.3, -0.25) is 0 Å².